The molecule has 2 fully saturated rings. The van der Waals surface area contributed by atoms with E-state index in [0.29, 0.717) is 17.5 Å². The van der Waals surface area contributed by atoms with Gasteiger partial charge in [0, 0.05) is 31.9 Å². The van der Waals surface area contributed by atoms with Crippen LogP contribution in [0.3, 0.4) is 0 Å². The molecule has 0 spiro atoms. The molecule has 0 unspecified atom stereocenters. The number of aromatic nitrogens is 1. The van der Waals surface area contributed by atoms with Gasteiger partial charge in [-0.2, -0.15) is 0 Å². The van der Waals surface area contributed by atoms with Gasteiger partial charge < -0.3 is 9.47 Å². The van der Waals surface area contributed by atoms with Crippen LogP contribution in [0.2, 0.25) is 0 Å². The normalized spacial score (nSPS) is 29.0. The quantitative estimate of drug-likeness (QED) is 0.796. The van der Waals surface area contributed by atoms with E-state index in [2.05, 4.69) is 11.8 Å². The second-order valence-corrected chi connectivity index (χ2v) is 6.65. The highest BCUT2D eigenvalue weighted by Gasteiger charge is 2.39. The Kier molecular flexibility index (Phi) is 3.87. The molecule has 114 valence electrons. The Labute approximate surface area is 125 Å². The van der Waals surface area contributed by atoms with Crippen LogP contribution in [0.4, 0.5) is 0 Å². The monoisotopic (exact) mass is 288 g/mol. The minimum atomic E-state index is -0.0747. The summed E-state index contributed by atoms with van der Waals surface area (Å²) in [5.74, 6) is 1.47. The third-order valence-corrected chi connectivity index (χ3v) is 5.33. The van der Waals surface area contributed by atoms with Crippen molar-refractivity contribution in [3.05, 3.63) is 34.2 Å². The Morgan fingerprint density at radius 2 is 1.95 bits per heavy atom. The molecule has 1 aromatic heterocycles. The highest BCUT2D eigenvalue weighted by atomic mass is 16.2. The summed E-state index contributed by atoms with van der Waals surface area (Å²) in [6.07, 6.45) is 7.67. The van der Waals surface area contributed by atoms with Gasteiger partial charge in [-0.25, -0.2) is 0 Å². The van der Waals surface area contributed by atoms with E-state index in [-0.39, 0.29) is 11.5 Å². The molecule has 1 aliphatic carbocycles. The first-order valence-corrected chi connectivity index (χ1v) is 8.05. The lowest BCUT2D eigenvalue weighted by Gasteiger charge is -2.47. The molecule has 1 aliphatic heterocycles. The first-order chi connectivity index (χ1) is 10.1. The van der Waals surface area contributed by atoms with Gasteiger partial charge in [0.15, 0.2) is 0 Å². The Hall–Kier alpha value is -1.58. The van der Waals surface area contributed by atoms with Crippen LogP contribution in [0.5, 0.6) is 0 Å². The molecule has 0 radical (unpaired) electrons. The zero-order chi connectivity index (χ0) is 15.0. The van der Waals surface area contributed by atoms with Gasteiger partial charge >= 0.3 is 0 Å². The first-order valence-electron chi connectivity index (χ1n) is 8.05. The topological polar surface area (TPSA) is 42.3 Å². The lowest BCUT2D eigenvalue weighted by molar-refractivity contribution is 0.0217. The van der Waals surface area contributed by atoms with Gasteiger partial charge in [0.2, 0.25) is 5.56 Å². The van der Waals surface area contributed by atoms with Gasteiger partial charge in [0.1, 0.15) is 0 Å². The number of carbonyl (C=O) groups is 1. The van der Waals surface area contributed by atoms with E-state index in [0.717, 1.165) is 25.3 Å². The van der Waals surface area contributed by atoms with Crippen molar-refractivity contribution in [3.63, 3.8) is 0 Å². The third kappa shape index (κ3) is 2.63. The molecule has 4 heteroatoms. The molecule has 3 rings (SSSR count). The summed E-state index contributed by atoms with van der Waals surface area (Å²) in [5.41, 5.74) is 0.560. The summed E-state index contributed by atoms with van der Waals surface area (Å²) in [6, 6.07) is 3.55. The van der Waals surface area contributed by atoms with Gasteiger partial charge in [0.05, 0.1) is 5.56 Å². The highest BCUT2D eigenvalue weighted by molar-refractivity contribution is 5.94. The average Bonchev–Trinajstić information content (AvgIpc) is 2.50. The Morgan fingerprint density at radius 1 is 1.19 bits per heavy atom. The molecule has 2 aliphatic rings. The maximum absolute atomic E-state index is 12.8. The van der Waals surface area contributed by atoms with Crippen LogP contribution in [0.25, 0.3) is 0 Å². The van der Waals surface area contributed by atoms with Gasteiger partial charge in [0.25, 0.3) is 5.91 Å². The second-order valence-electron chi connectivity index (χ2n) is 6.65. The van der Waals surface area contributed by atoms with E-state index in [1.165, 1.54) is 29.9 Å². The molecule has 4 nitrogen and oxygen atoms in total. The Morgan fingerprint density at radius 3 is 2.71 bits per heavy atom. The SMILES string of the molecule is C[C@@H]1CCN(C(=O)c2ccc(=O)n(C)c2)[C@H]2CCCC[C@@H]12. The van der Waals surface area contributed by atoms with Crippen molar-refractivity contribution in [1.29, 1.82) is 0 Å². The summed E-state index contributed by atoms with van der Waals surface area (Å²) >= 11 is 0. The number of hydrogen-bond donors (Lipinski definition) is 0. The minimum Gasteiger partial charge on any atom is -0.335 e. The van der Waals surface area contributed by atoms with E-state index >= 15 is 0 Å². The van der Waals surface area contributed by atoms with Crippen LogP contribution in [-0.4, -0.2) is 28.0 Å². The number of amides is 1. The van der Waals surface area contributed by atoms with E-state index < -0.39 is 0 Å². The maximum atomic E-state index is 12.8. The number of piperidine rings is 1. The smallest absolute Gasteiger partial charge is 0.255 e. The number of nitrogens with zero attached hydrogens (tertiary/aromatic N) is 2. The highest BCUT2D eigenvalue weighted by Crippen LogP contribution is 2.39. The fourth-order valence-corrected chi connectivity index (χ4v) is 4.05. The lowest BCUT2D eigenvalue weighted by Crippen LogP contribution is -2.52. The van der Waals surface area contributed by atoms with Crippen molar-refractivity contribution >= 4 is 5.91 Å². The van der Waals surface area contributed by atoms with Crippen LogP contribution in [0.1, 0.15) is 49.4 Å². The van der Waals surface area contributed by atoms with Crippen molar-refractivity contribution in [2.45, 2.75) is 45.1 Å². The van der Waals surface area contributed by atoms with E-state index in [1.54, 1.807) is 19.3 Å². The van der Waals surface area contributed by atoms with Crippen molar-refractivity contribution < 1.29 is 4.79 Å². The van der Waals surface area contributed by atoms with Gasteiger partial charge in [-0.15, -0.1) is 0 Å². The summed E-state index contributed by atoms with van der Waals surface area (Å²) < 4.78 is 1.48. The van der Waals surface area contributed by atoms with Crippen molar-refractivity contribution in [2.24, 2.45) is 18.9 Å². The number of carbonyl (C=O) groups excluding carboxylic acids is 1. The molecular formula is C17H24N2O2. The van der Waals surface area contributed by atoms with Gasteiger partial charge in [-0.05, 0) is 37.2 Å². The van der Waals surface area contributed by atoms with Crippen LogP contribution in [0, 0.1) is 11.8 Å². The number of aryl methyl sites for hydroxylation is 1. The van der Waals surface area contributed by atoms with Crippen LogP contribution < -0.4 is 5.56 Å². The molecule has 1 saturated heterocycles. The standard InChI is InChI=1S/C17H24N2O2/c1-12-9-10-19(15-6-4-3-5-14(12)15)17(21)13-7-8-16(20)18(2)11-13/h7-8,11-12,14-15H,3-6,9-10H2,1-2H3/t12-,14+,15+/m1/s1. The lowest BCUT2D eigenvalue weighted by atomic mass is 9.72. The number of likely N-dealkylation sites (tertiary alicyclic amines) is 1. The van der Waals surface area contributed by atoms with E-state index in [1.807, 2.05) is 0 Å². The Balaban J connectivity index is 1.86. The number of pyridine rings is 1. The molecule has 1 amide bonds. The minimum absolute atomic E-state index is 0.0747. The molecule has 1 aromatic rings. The molecule has 21 heavy (non-hydrogen) atoms. The number of rotatable bonds is 1. The first kappa shape index (κ1) is 14.4. The van der Waals surface area contributed by atoms with Crippen molar-refractivity contribution in [2.75, 3.05) is 6.54 Å². The van der Waals surface area contributed by atoms with Gasteiger partial charge in [-0.3, -0.25) is 9.59 Å². The number of hydrogen-bond acceptors (Lipinski definition) is 2. The van der Waals surface area contributed by atoms with Crippen molar-refractivity contribution in [3.8, 4) is 0 Å². The molecule has 0 bridgehead atoms. The van der Waals surface area contributed by atoms with Crippen LogP contribution >= 0.6 is 0 Å². The van der Waals surface area contributed by atoms with Crippen LogP contribution in [-0.2, 0) is 7.05 Å². The zero-order valence-electron chi connectivity index (χ0n) is 12.9. The molecule has 0 N–H and O–H groups in total. The second kappa shape index (κ2) is 5.66. The number of fused-ring (bicyclic) bond motifs is 1. The summed E-state index contributed by atoms with van der Waals surface area (Å²) in [5, 5.41) is 0. The molecule has 3 atom stereocenters. The van der Waals surface area contributed by atoms with Crippen molar-refractivity contribution in [1.82, 2.24) is 9.47 Å². The summed E-state index contributed by atoms with van der Waals surface area (Å²) in [4.78, 5) is 26.4. The third-order valence-electron chi connectivity index (χ3n) is 5.33. The zero-order valence-corrected chi connectivity index (χ0v) is 12.9. The van der Waals surface area contributed by atoms with E-state index in [4.69, 9.17) is 0 Å². The summed E-state index contributed by atoms with van der Waals surface area (Å²) in [7, 11) is 1.70. The summed E-state index contributed by atoms with van der Waals surface area (Å²) in [6.45, 7) is 3.18. The van der Waals surface area contributed by atoms with Gasteiger partial charge in [-0.1, -0.05) is 19.8 Å². The van der Waals surface area contributed by atoms with E-state index in [9.17, 15) is 9.59 Å². The molecular weight excluding hydrogens is 264 g/mol. The maximum Gasteiger partial charge on any atom is 0.255 e. The average molecular weight is 288 g/mol. The Bertz CT molecular complexity index is 593. The fraction of sp³-hybridized carbons (Fsp3) is 0.647. The fourth-order valence-electron chi connectivity index (χ4n) is 4.05. The predicted molar refractivity (Wildman–Crippen MR) is 82.2 cm³/mol. The largest absolute Gasteiger partial charge is 0.335 e. The molecule has 0 aromatic carbocycles. The van der Waals surface area contributed by atoms with Crippen LogP contribution in [0.15, 0.2) is 23.1 Å². The predicted octanol–water partition coefficient (Wildman–Crippen LogP) is 2.43. The molecule has 2 heterocycles. The molecule has 1 saturated carbocycles.